The van der Waals surface area contributed by atoms with Gasteiger partial charge < -0.3 is 9.47 Å². The molecule has 0 aliphatic carbocycles. The molecule has 0 aromatic heterocycles. The lowest BCUT2D eigenvalue weighted by Gasteiger charge is -2.38. The largest absolute Gasteiger partial charge is 0.496 e. The summed E-state index contributed by atoms with van der Waals surface area (Å²) in [6.45, 7) is 5.65. The van der Waals surface area contributed by atoms with E-state index in [9.17, 15) is 4.79 Å². The molecule has 0 N–H and O–H groups in total. The Balaban J connectivity index is 2.08. The van der Waals surface area contributed by atoms with Gasteiger partial charge in [0, 0.05) is 10.0 Å². The molecule has 1 unspecified atom stereocenters. The summed E-state index contributed by atoms with van der Waals surface area (Å²) in [7, 11) is 1.66. The number of ether oxygens (including phenoxy) is 2. The van der Waals surface area contributed by atoms with Gasteiger partial charge in [-0.25, -0.2) is 4.79 Å². The van der Waals surface area contributed by atoms with E-state index in [2.05, 4.69) is 22.0 Å². The van der Waals surface area contributed by atoms with Crippen LogP contribution in [0.25, 0.3) is 0 Å². The molecule has 26 heavy (non-hydrogen) atoms. The molecular formula is C21H24BrNO3. The molecule has 1 aliphatic heterocycles. The molecule has 2 aromatic carbocycles. The number of halogens is 1. The molecule has 0 radical (unpaired) electrons. The van der Waals surface area contributed by atoms with Crippen molar-refractivity contribution in [2.75, 3.05) is 12.0 Å². The molecule has 0 spiro atoms. The highest BCUT2D eigenvalue weighted by Gasteiger charge is 2.36. The molecular weight excluding hydrogens is 394 g/mol. The maximum absolute atomic E-state index is 13.1. The van der Waals surface area contributed by atoms with Crippen molar-refractivity contribution in [2.24, 2.45) is 0 Å². The summed E-state index contributed by atoms with van der Waals surface area (Å²) in [5.41, 5.74) is 2.46. The van der Waals surface area contributed by atoms with Crippen LogP contribution in [0.3, 0.4) is 0 Å². The minimum atomic E-state index is -0.560. The highest BCUT2D eigenvalue weighted by molar-refractivity contribution is 9.10. The molecule has 2 aromatic rings. The van der Waals surface area contributed by atoms with E-state index in [1.54, 1.807) is 12.0 Å². The summed E-state index contributed by atoms with van der Waals surface area (Å²) >= 11 is 3.52. The summed E-state index contributed by atoms with van der Waals surface area (Å²) in [6, 6.07) is 13.7. The molecule has 0 bridgehead atoms. The average molecular weight is 418 g/mol. The normalized spacial score (nSPS) is 16.8. The van der Waals surface area contributed by atoms with E-state index in [-0.39, 0.29) is 12.1 Å². The molecule has 0 saturated heterocycles. The predicted octanol–water partition coefficient (Wildman–Crippen LogP) is 5.89. The molecule has 4 nitrogen and oxygen atoms in total. The van der Waals surface area contributed by atoms with Crippen molar-refractivity contribution in [2.45, 2.75) is 45.3 Å². The number of aryl methyl sites for hydroxylation is 1. The lowest BCUT2D eigenvalue weighted by atomic mass is 9.91. The van der Waals surface area contributed by atoms with Gasteiger partial charge in [0.05, 0.1) is 18.8 Å². The number of hydrogen-bond donors (Lipinski definition) is 0. The van der Waals surface area contributed by atoms with E-state index in [0.29, 0.717) is 0 Å². The summed E-state index contributed by atoms with van der Waals surface area (Å²) in [6.07, 6.45) is 1.36. The number of anilines is 1. The minimum absolute atomic E-state index is 0.130. The van der Waals surface area contributed by atoms with Crippen LogP contribution in [-0.4, -0.2) is 18.8 Å². The summed E-state index contributed by atoms with van der Waals surface area (Å²) in [5, 5.41) is 0. The van der Waals surface area contributed by atoms with Gasteiger partial charge in [-0.1, -0.05) is 34.1 Å². The van der Waals surface area contributed by atoms with Crippen LogP contribution in [0, 0.1) is 0 Å². The number of para-hydroxylation sites is 1. The second kappa shape index (κ2) is 7.31. The van der Waals surface area contributed by atoms with Crippen molar-refractivity contribution in [3.63, 3.8) is 0 Å². The molecule has 5 heteroatoms. The molecule has 0 saturated carbocycles. The van der Waals surface area contributed by atoms with E-state index in [1.165, 1.54) is 0 Å². The molecule has 1 amide bonds. The van der Waals surface area contributed by atoms with Crippen molar-refractivity contribution in [1.82, 2.24) is 0 Å². The number of amides is 1. The van der Waals surface area contributed by atoms with E-state index < -0.39 is 5.60 Å². The number of carbonyl (C=O) groups excluding carboxylic acids is 1. The first kappa shape index (κ1) is 18.8. The number of hydrogen-bond acceptors (Lipinski definition) is 3. The Labute approximate surface area is 163 Å². The third-order valence-electron chi connectivity index (χ3n) is 4.39. The third-order valence-corrected chi connectivity index (χ3v) is 4.88. The van der Waals surface area contributed by atoms with E-state index in [4.69, 9.17) is 9.47 Å². The second-order valence-electron chi connectivity index (χ2n) is 7.42. The Bertz CT molecular complexity index is 813. The summed E-state index contributed by atoms with van der Waals surface area (Å²) in [5.74, 6) is 0.784. The van der Waals surface area contributed by atoms with Crippen molar-refractivity contribution in [3.8, 4) is 5.75 Å². The number of carbonyl (C=O) groups is 1. The Morgan fingerprint density at radius 3 is 2.62 bits per heavy atom. The van der Waals surface area contributed by atoms with Gasteiger partial charge in [0.15, 0.2) is 0 Å². The topological polar surface area (TPSA) is 38.8 Å². The van der Waals surface area contributed by atoms with Gasteiger partial charge in [-0.05, 0) is 63.4 Å². The zero-order valence-electron chi connectivity index (χ0n) is 15.6. The first-order valence-corrected chi connectivity index (χ1v) is 9.53. The monoisotopic (exact) mass is 417 g/mol. The maximum atomic E-state index is 13.1. The Hall–Kier alpha value is -2.01. The van der Waals surface area contributed by atoms with E-state index in [1.807, 2.05) is 57.2 Å². The van der Waals surface area contributed by atoms with Crippen LogP contribution in [-0.2, 0) is 11.2 Å². The quantitative estimate of drug-likeness (QED) is 0.611. The van der Waals surface area contributed by atoms with Gasteiger partial charge in [-0.2, -0.15) is 0 Å². The first-order chi connectivity index (χ1) is 12.3. The Morgan fingerprint density at radius 2 is 1.92 bits per heavy atom. The van der Waals surface area contributed by atoms with Crippen molar-refractivity contribution < 1.29 is 14.3 Å². The van der Waals surface area contributed by atoms with E-state index in [0.717, 1.165) is 39.9 Å². The molecule has 138 valence electrons. The standard InChI is InChI=1S/C21H24BrNO3/c1-21(2,3)26-20(24)23-17-12-10-15(22)13-14(17)9-11-18(23)16-7-5-6-8-19(16)25-4/h5-8,10,12-13,18H,9,11H2,1-4H3. The Morgan fingerprint density at radius 1 is 1.19 bits per heavy atom. The van der Waals surface area contributed by atoms with Gasteiger partial charge in [0.2, 0.25) is 0 Å². The van der Waals surface area contributed by atoms with Crippen LogP contribution >= 0.6 is 15.9 Å². The molecule has 1 atom stereocenters. The molecule has 1 aliphatic rings. The van der Waals surface area contributed by atoms with Gasteiger partial charge in [-0.3, -0.25) is 4.90 Å². The molecule has 3 rings (SSSR count). The van der Waals surface area contributed by atoms with Crippen molar-refractivity contribution >= 4 is 27.7 Å². The highest BCUT2D eigenvalue weighted by atomic mass is 79.9. The van der Waals surface area contributed by atoms with Gasteiger partial charge in [0.25, 0.3) is 0 Å². The zero-order chi connectivity index (χ0) is 18.9. The van der Waals surface area contributed by atoms with Crippen molar-refractivity contribution in [3.05, 3.63) is 58.1 Å². The van der Waals surface area contributed by atoms with Crippen molar-refractivity contribution in [1.29, 1.82) is 0 Å². The number of methoxy groups -OCH3 is 1. The zero-order valence-corrected chi connectivity index (χ0v) is 17.2. The predicted molar refractivity (Wildman–Crippen MR) is 107 cm³/mol. The van der Waals surface area contributed by atoms with Crippen LogP contribution in [0.2, 0.25) is 0 Å². The molecule has 1 heterocycles. The van der Waals surface area contributed by atoms with Crippen LogP contribution in [0.15, 0.2) is 46.9 Å². The minimum Gasteiger partial charge on any atom is -0.496 e. The fourth-order valence-electron chi connectivity index (χ4n) is 3.35. The number of rotatable bonds is 2. The van der Waals surface area contributed by atoms with Crippen LogP contribution < -0.4 is 9.64 Å². The number of fused-ring (bicyclic) bond motifs is 1. The highest BCUT2D eigenvalue weighted by Crippen LogP contribution is 2.42. The fraction of sp³-hybridized carbons (Fsp3) is 0.381. The smallest absolute Gasteiger partial charge is 0.415 e. The molecule has 0 fully saturated rings. The third kappa shape index (κ3) is 3.88. The maximum Gasteiger partial charge on any atom is 0.415 e. The Kier molecular flexibility index (Phi) is 5.28. The summed E-state index contributed by atoms with van der Waals surface area (Å²) in [4.78, 5) is 14.9. The van der Waals surface area contributed by atoms with Crippen LogP contribution in [0.4, 0.5) is 10.5 Å². The number of nitrogens with zero attached hydrogens (tertiary/aromatic N) is 1. The second-order valence-corrected chi connectivity index (χ2v) is 8.34. The van der Waals surface area contributed by atoms with Crippen LogP contribution in [0.1, 0.15) is 44.4 Å². The lowest BCUT2D eigenvalue weighted by molar-refractivity contribution is 0.0559. The number of benzene rings is 2. The fourth-order valence-corrected chi connectivity index (χ4v) is 3.76. The average Bonchev–Trinajstić information content (AvgIpc) is 2.59. The van der Waals surface area contributed by atoms with Gasteiger partial charge in [-0.15, -0.1) is 0 Å². The van der Waals surface area contributed by atoms with Crippen LogP contribution in [0.5, 0.6) is 5.75 Å². The SMILES string of the molecule is COc1ccccc1C1CCc2cc(Br)ccc2N1C(=O)OC(C)(C)C. The lowest BCUT2D eigenvalue weighted by Crippen LogP contribution is -2.42. The van der Waals surface area contributed by atoms with E-state index >= 15 is 0 Å². The summed E-state index contributed by atoms with van der Waals surface area (Å²) < 4.78 is 12.3. The first-order valence-electron chi connectivity index (χ1n) is 8.74. The van der Waals surface area contributed by atoms with Gasteiger partial charge >= 0.3 is 6.09 Å². The van der Waals surface area contributed by atoms with Gasteiger partial charge in [0.1, 0.15) is 11.4 Å².